The summed E-state index contributed by atoms with van der Waals surface area (Å²) in [5.41, 5.74) is 2.34. The van der Waals surface area contributed by atoms with Crippen molar-refractivity contribution in [3.63, 3.8) is 0 Å². The number of piperidine rings is 1. The summed E-state index contributed by atoms with van der Waals surface area (Å²) in [6.07, 6.45) is -8.22. The Hall–Kier alpha value is -2.62. The molecule has 2 aromatic carbocycles. The standard InChI is InChI=1S/C29H35F7N2O/c1-19(28(31,32)33)17-25(29(34,35)36)13-16-38-14-11-22(12-15-38)18-21-3-5-24(6-4-21)27(39)37-20(2)23-7-9-26(30)10-8-23/h3-10,19-20,22,25H,11-18H2,1-2H3,(H,37,39)/t19-,20-,25+/m0/s1. The van der Waals surface area contributed by atoms with Crippen LogP contribution in [0, 0.1) is 23.6 Å². The fraction of sp³-hybridized carbons (Fsp3) is 0.552. The highest BCUT2D eigenvalue weighted by Gasteiger charge is 2.45. The summed E-state index contributed by atoms with van der Waals surface area (Å²) in [7, 11) is 0. The Bertz CT molecular complexity index is 1040. The maximum atomic E-state index is 13.3. The first kappa shape index (κ1) is 30.9. The van der Waals surface area contributed by atoms with Gasteiger partial charge in [0.2, 0.25) is 0 Å². The second kappa shape index (κ2) is 13.2. The molecule has 1 saturated heterocycles. The Kier molecular flexibility index (Phi) is 10.4. The molecule has 39 heavy (non-hydrogen) atoms. The monoisotopic (exact) mass is 560 g/mol. The maximum absolute atomic E-state index is 13.3. The normalized spacial score (nSPS) is 18.0. The van der Waals surface area contributed by atoms with Crippen LogP contribution in [0.1, 0.15) is 67.1 Å². The van der Waals surface area contributed by atoms with Gasteiger partial charge in [-0.1, -0.05) is 31.2 Å². The Morgan fingerprint density at radius 3 is 2.05 bits per heavy atom. The third-order valence-electron chi connectivity index (χ3n) is 7.62. The number of halogens is 7. The van der Waals surface area contributed by atoms with Crippen molar-refractivity contribution < 1.29 is 35.5 Å². The van der Waals surface area contributed by atoms with E-state index in [4.69, 9.17) is 0 Å². The van der Waals surface area contributed by atoms with E-state index in [0.29, 0.717) is 24.6 Å². The molecule has 3 nitrogen and oxygen atoms in total. The zero-order valence-electron chi connectivity index (χ0n) is 22.1. The van der Waals surface area contributed by atoms with Gasteiger partial charge in [-0.15, -0.1) is 0 Å². The molecular weight excluding hydrogens is 525 g/mol. The molecule has 10 heteroatoms. The Labute approximate surface area is 224 Å². The van der Waals surface area contributed by atoms with Gasteiger partial charge in [0.25, 0.3) is 5.91 Å². The number of amides is 1. The number of nitrogens with zero attached hydrogens (tertiary/aromatic N) is 1. The van der Waals surface area contributed by atoms with E-state index in [-0.39, 0.29) is 30.7 Å². The lowest BCUT2D eigenvalue weighted by atomic mass is 9.88. The van der Waals surface area contributed by atoms with E-state index >= 15 is 0 Å². The summed E-state index contributed by atoms with van der Waals surface area (Å²) in [6.45, 7) is 3.95. The van der Waals surface area contributed by atoms with Gasteiger partial charge in [0.15, 0.2) is 0 Å². The molecule has 1 aliphatic heterocycles. The van der Waals surface area contributed by atoms with Gasteiger partial charge in [-0.05, 0) is 100.0 Å². The Balaban J connectivity index is 1.44. The van der Waals surface area contributed by atoms with Crippen LogP contribution < -0.4 is 5.32 Å². The highest BCUT2D eigenvalue weighted by Crippen LogP contribution is 2.39. The summed E-state index contributed by atoms with van der Waals surface area (Å²) in [4.78, 5) is 14.5. The molecule has 3 rings (SSSR count). The number of nitrogens with one attached hydrogen (secondary N) is 1. The minimum Gasteiger partial charge on any atom is -0.346 e. The summed E-state index contributed by atoms with van der Waals surface area (Å²) in [5, 5.41) is 2.89. The molecule has 1 heterocycles. The molecule has 216 valence electrons. The summed E-state index contributed by atoms with van der Waals surface area (Å²) in [6, 6.07) is 12.9. The van der Waals surface area contributed by atoms with Crippen LogP contribution in [0.4, 0.5) is 30.7 Å². The smallest absolute Gasteiger partial charge is 0.346 e. The minimum absolute atomic E-state index is 0.127. The van der Waals surface area contributed by atoms with E-state index in [1.165, 1.54) is 12.1 Å². The molecule has 0 bridgehead atoms. The van der Waals surface area contributed by atoms with Crippen molar-refractivity contribution in [2.24, 2.45) is 17.8 Å². The fourth-order valence-corrected chi connectivity index (χ4v) is 4.97. The molecule has 0 unspecified atom stereocenters. The van der Waals surface area contributed by atoms with Gasteiger partial charge in [-0.25, -0.2) is 4.39 Å². The van der Waals surface area contributed by atoms with Gasteiger partial charge >= 0.3 is 12.4 Å². The predicted molar refractivity (Wildman–Crippen MR) is 136 cm³/mol. The maximum Gasteiger partial charge on any atom is 0.391 e. The molecule has 0 radical (unpaired) electrons. The van der Waals surface area contributed by atoms with Gasteiger partial charge < -0.3 is 10.2 Å². The zero-order chi connectivity index (χ0) is 28.8. The third-order valence-corrected chi connectivity index (χ3v) is 7.62. The number of hydrogen-bond acceptors (Lipinski definition) is 2. The van der Waals surface area contributed by atoms with Gasteiger partial charge in [-0.3, -0.25) is 4.79 Å². The van der Waals surface area contributed by atoms with Crippen LogP contribution in [0.5, 0.6) is 0 Å². The summed E-state index contributed by atoms with van der Waals surface area (Å²) in [5.74, 6) is -4.22. The first-order valence-corrected chi connectivity index (χ1v) is 13.2. The van der Waals surface area contributed by atoms with Crippen LogP contribution in [0.15, 0.2) is 48.5 Å². The highest BCUT2D eigenvalue weighted by atomic mass is 19.4. The van der Waals surface area contributed by atoms with E-state index in [9.17, 15) is 35.5 Å². The van der Waals surface area contributed by atoms with E-state index < -0.39 is 30.6 Å². The number of hydrogen-bond donors (Lipinski definition) is 1. The second-order valence-corrected chi connectivity index (χ2v) is 10.6. The number of likely N-dealkylation sites (tertiary alicyclic amines) is 1. The van der Waals surface area contributed by atoms with E-state index in [0.717, 1.165) is 37.3 Å². The van der Waals surface area contributed by atoms with Gasteiger partial charge in [-0.2, -0.15) is 26.3 Å². The summed E-state index contributed by atoms with van der Waals surface area (Å²) >= 11 is 0. The lowest BCUT2D eigenvalue weighted by Crippen LogP contribution is -2.38. The van der Waals surface area contributed by atoms with Crippen molar-refractivity contribution in [2.75, 3.05) is 19.6 Å². The molecule has 1 amide bonds. The Morgan fingerprint density at radius 1 is 0.923 bits per heavy atom. The average molecular weight is 561 g/mol. The number of rotatable bonds is 10. The molecular formula is C29H35F7N2O. The van der Waals surface area contributed by atoms with Crippen molar-refractivity contribution in [1.29, 1.82) is 0 Å². The number of benzene rings is 2. The fourth-order valence-electron chi connectivity index (χ4n) is 4.97. The van der Waals surface area contributed by atoms with Crippen molar-refractivity contribution in [1.82, 2.24) is 10.2 Å². The quantitative estimate of drug-likeness (QED) is 0.302. The SMILES string of the molecule is C[C@H](NC(=O)c1ccc(CC2CCN(CC[C@H](C[C@H](C)C(F)(F)F)C(F)(F)F)CC2)cc1)c1ccc(F)cc1. The lowest BCUT2D eigenvalue weighted by Gasteiger charge is -2.33. The summed E-state index contributed by atoms with van der Waals surface area (Å²) < 4.78 is 91.5. The minimum atomic E-state index is -4.65. The first-order chi connectivity index (χ1) is 18.2. The Morgan fingerprint density at radius 2 is 1.51 bits per heavy atom. The molecule has 0 aromatic heterocycles. The first-order valence-electron chi connectivity index (χ1n) is 13.2. The molecule has 0 spiro atoms. The second-order valence-electron chi connectivity index (χ2n) is 10.6. The van der Waals surface area contributed by atoms with E-state index in [2.05, 4.69) is 5.32 Å². The van der Waals surface area contributed by atoms with Crippen LogP contribution in [-0.2, 0) is 6.42 Å². The van der Waals surface area contributed by atoms with Crippen LogP contribution >= 0.6 is 0 Å². The van der Waals surface area contributed by atoms with E-state index in [1.54, 1.807) is 24.3 Å². The van der Waals surface area contributed by atoms with Crippen molar-refractivity contribution in [3.8, 4) is 0 Å². The molecule has 1 aliphatic rings. The third kappa shape index (κ3) is 9.51. The van der Waals surface area contributed by atoms with Crippen molar-refractivity contribution in [2.45, 2.75) is 64.3 Å². The average Bonchev–Trinajstić information content (AvgIpc) is 2.86. The lowest BCUT2D eigenvalue weighted by molar-refractivity contribution is -0.209. The van der Waals surface area contributed by atoms with Gasteiger partial charge in [0, 0.05) is 5.56 Å². The van der Waals surface area contributed by atoms with Gasteiger partial charge in [0.05, 0.1) is 17.9 Å². The highest BCUT2D eigenvalue weighted by molar-refractivity contribution is 5.94. The van der Waals surface area contributed by atoms with Crippen LogP contribution in [-0.4, -0.2) is 42.8 Å². The van der Waals surface area contributed by atoms with Gasteiger partial charge in [0.1, 0.15) is 5.82 Å². The van der Waals surface area contributed by atoms with Crippen LogP contribution in [0.3, 0.4) is 0 Å². The molecule has 1 N–H and O–H groups in total. The molecule has 1 fully saturated rings. The van der Waals surface area contributed by atoms with Crippen LogP contribution in [0.25, 0.3) is 0 Å². The molecule has 3 atom stereocenters. The number of carbonyl (C=O) groups is 1. The number of alkyl halides is 6. The zero-order valence-corrected chi connectivity index (χ0v) is 22.1. The topological polar surface area (TPSA) is 32.3 Å². The largest absolute Gasteiger partial charge is 0.391 e. The molecule has 2 aromatic rings. The van der Waals surface area contributed by atoms with Crippen LogP contribution in [0.2, 0.25) is 0 Å². The van der Waals surface area contributed by atoms with E-state index in [1.807, 2.05) is 24.0 Å². The predicted octanol–water partition coefficient (Wildman–Crippen LogP) is 7.73. The van der Waals surface area contributed by atoms with Crippen molar-refractivity contribution in [3.05, 3.63) is 71.0 Å². The van der Waals surface area contributed by atoms with Crippen molar-refractivity contribution >= 4 is 5.91 Å². The molecule has 0 aliphatic carbocycles. The molecule has 0 saturated carbocycles. The number of carbonyl (C=O) groups excluding carboxylic acids is 1.